The molecule has 1 aromatic carbocycles. The first-order valence-corrected chi connectivity index (χ1v) is 9.68. The summed E-state index contributed by atoms with van der Waals surface area (Å²) in [6.45, 7) is 3.32. The van der Waals surface area contributed by atoms with Crippen LogP contribution in [-0.2, 0) is 4.74 Å². The number of anilines is 2. The normalized spacial score (nSPS) is 17.1. The summed E-state index contributed by atoms with van der Waals surface area (Å²) in [7, 11) is 0. The molecule has 9 heteroatoms. The average molecular weight is 421 g/mol. The first kappa shape index (κ1) is 18.8. The van der Waals surface area contributed by atoms with Crippen LogP contribution in [0, 0.1) is 0 Å². The number of piperazine rings is 1. The molecule has 1 aromatic heterocycles. The highest BCUT2D eigenvalue weighted by Crippen LogP contribution is 2.27. The Bertz CT molecular complexity index is 899. The van der Waals surface area contributed by atoms with Gasteiger partial charge < -0.3 is 14.5 Å². The van der Waals surface area contributed by atoms with Crippen LogP contribution >= 0.6 is 23.2 Å². The summed E-state index contributed by atoms with van der Waals surface area (Å²) in [5.41, 5.74) is 1.32. The van der Waals surface area contributed by atoms with Gasteiger partial charge in [0.25, 0.3) is 5.91 Å². The molecule has 0 N–H and O–H groups in total. The van der Waals surface area contributed by atoms with Gasteiger partial charge in [-0.15, -0.1) is 0 Å². The van der Waals surface area contributed by atoms with E-state index in [0.29, 0.717) is 60.8 Å². The van der Waals surface area contributed by atoms with Crippen molar-refractivity contribution in [2.45, 2.75) is 0 Å². The second-order valence-corrected chi connectivity index (χ2v) is 7.39. The number of hydrogen-bond acceptors (Lipinski definition) is 5. The summed E-state index contributed by atoms with van der Waals surface area (Å²) in [5.74, 6) is 0.644. The number of nitrogens with zero attached hydrogens (tertiary/aromatic N) is 4. The van der Waals surface area contributed by atoms with E-state index in [-0.39, 0.29) is 12.0 Å². The van der Waals surface area contributed by atoms with Crippen molar-refractivity contribution in [3.63, 3.8) is 0 Å². The maximum absolute atomic E-state index is 12.8. The molecule has 2 fully saturated rings. The second kappa shape index (κ2) is 7.85. The summed E-state index contributed by atoms with van der Waals surface area (Å²) in [4.78, 5) is 34.1. The van der Waals surface area contributed by atoms with Crippen LogP contribution in [0.25, 0.3) is 0 Å². The topological polar surface area (TPSA) is 66.0 Å². The van der Waals surface area contributed by atoms with Crippen molar-refractivity contribution in [2.75, 3.05) is 49.1 Å². The highest BCUT2D eigenvalue weighted by molar-refractivity contribution is 6.36. The lowest BCUT2D eigenvalue weighted by molar-refractivity contribution is 0.0746. The predicted octanol–water partition coefficient (Wildman–Crippen LogP) is 3.31. The number of cyclic esters (lactones) is 1. The number of carbonyl (C=O) groups excluding carboxylic acids is 2. The molecule has 2 aliphatic rings. The third kappa shape index (κ3) is 3.72. The van der Waals surface area contributed by atoms with Crippen LogP contribution in [0.5, 0.6) is 0 Å². The molecule has 146 valence electrons. The van der Waals surface area contributed by atoms with Gasteiger partial charge in [0, 0.05) is 43.6 Å². The van der Waals surface area contributed by atoms with E-state index in [1.165, 1.54) is 0 Å². The molecule has 4 rings (SSSR count). The van der Waals surface area contributed by atoms with Crippen LogP contribution in [0.2, 0.25) is 10.0 Å². The summed E-state index contributed by atoms with van der Waals surface area (Å²) in [6.07, 6.45) is 1.21. The van der Waals surface area contributed by atoms with Gasteiger partial charge in [0.1, 0.15) is 12.4 Å². The lowest BCUT2D eigenvalue weighted by Gasteiger charge is -2.35. The van der Waals surface area contributed by atoms with Gasteiger partial charge in [-0.2, -0.15) is 0 Å². The molecule has 0 radical (unpaired) electrons. The van der Waals surface area contributed by atoms with Crippen molar-refractivity contribution in [2.24, 2.45) is 0 Å². The highest BCUT2D eigenvalue weighted by Gasteiger charge is 2.26. The first-order chi connectivity index (χ1) is 13.5. The third-order valence-electron chi connectivity index (χ3n) is 4.84. The fourth-order valence-corrected chi connectivity index (χ4v) is 3.86. The number of amides is 2. The molecule has 2 amide bonds. The standard InChI is InChI=1S/C19H18Cl2N4O3/c20-14-11-16(21)17(22-12-14)23-5-7-24(8-6-23)18(26)13-1-3-15(4-2-13)25-9-10-28-19(25)27/h1-4,11-12H,5-10H2. The van der Waals surface area contributed by atoms with Crippen molar-refractivity contribution >= 4 is 46.7 Å². The van der Waals surface area contributed by atoms with Crippen LogP contribution in [0.3, 0.4) is 0 Å². The van der Waals surface area contributed by atoms with Crippen LogP contribution in [-0.4, -0.2) is 61.2 Å². The maximum atomic E-state index is 12.8. The fourth-order valence-electron chi connectivity index (χ4n) is 3.36. The molecule has 0 spiro atoms. The van der Waals surface area contributed by atoms with Gasteiger partial charge in [-0.1, -0.05) is 23.2 Å². The van der Waals surface area contributed by atoms with Gasteiger partial charge in [0.15, 0.2) is 0 Å². The molecule has 0 saturated carbocycles. The van der Waals surface area contributed by atoms with Crippen LogP contribution in [0.15, 0.2) is 36.5 Å². The Labute approximate surface area is 172 Å². The zero-order valence-electron chi connectivity index (χ0n) is 15.0. The van der Waals surface area contributed by atoms with Gasteiger partial charge in [-0.25, -0.2) is 9.78 Å². The number of ether oxygens (including phenoxy) is 1. The van der Waals surface area contributed by atoms with Crippen molar-refractivity contribution in [3.8, 4) is 0 Å². The van der Waals surface area contributed by atoms with Crippen molar-refractivity contribution in [1.82, 2.24) is 9.88 Å². The molecule has 2 saturated heterocycles. The summed E-state index contributed by atoms with van der Waals surface area (Å²) in [5, 5.41) is 0.997. The van der Waals surface area contributed by atoms with E-state index in [0.717, 1.165) is 5.69 Å². The quantitative estimate of drug-likeness (QED) is 0.761. The number of rotatable bonds is 3. The van der Waals surface area contributed by atoms with E-state index < -0.39 is 0 Å². The third-order valence-corrected chi connectivity index (χ3v) is 5.33. The van der Waals surface area contributed by atoms with Crippen molar-refractivity contribution in [3.05, 3.63) is 52.1 Å². The van der Waals surface area contributed by atoms with E-state index in [1.54, 1.807) is 46.3 Å². The predicted molar refractivity (Wildman–Crippen MR) is 108 cm³/mol. The molecule has 28 heavy (non-hydrogen) atoms. The Kier molecular flexibility index (Phi) is 5.28. The molecule has 3 heterocycles. The molecule has 2 aliphatic heterocycles. The largest absolute Gasteiger partial charge is 0.447 e. The van der Waals surface area contributed by atoms with Gasteiger partial charge in [-0.3, -0.25) is 9.69 Å². The highest BCUT2D eigenvalue weighted by atomic mass is 35.5. The summed E-state index contributed by atoms with van der Waals surface area (Å²) in [6, 6.07) is 8.70. The summed E-state index contributed by atoms with van der Waals surface area (Å²) < 4.78 is 4.94. The molecular formula is C19H18Cl2N4O3. The van der Waals surface area contributed by atoms with Gasteiger partial charge in [-0.05, 0) is 30.3 Å². The molecule has 7 nitrogen and oxygen atoms in total. The van der Waals surface area contributed by atoms with E-state index in [4.69, 9.17) is 27.9 Å². The first-order valence-electron chi connectivity index (χ1n) is 8.92. The SMILES string of the molecule is O=C(c1ccc(N2CCOC2=O)cc1)N1CCN(c2ncc(Cl)cc2Cl)CC1. The van der Waals surface area contributed by atoms with Crippen LogP contribution in [0.1, 0.15) is 10.4 Å². The lowest BCUT2D eigenvalue weighted by Crippen LogP contribution is -2.49. The van der Waals surface area contributed by atoms with Crippen LogP contribution < -0.4 is 9.80 Å². The lowest BCUT2D eigenvalue weighted by atomic mass is 10.1. The molecule has 0 unspecified atom stereocenters. The van der Waals surface area contributed by atoms with Gasteiger partial charge >= 0.3 is 6.09 Å². The Morgan fingerprint density at radius 2 is 1.75 bits per heavy atom. The maximum Gasteiger partial charge on any atom is 0.414 e. The molecule has 2 aromatic rings. The van der Waals surface area contributed by atoms with E-state index >= 15 is 0 Å². The Morgan fingerprint density at radius 1 is 1.04 bits per heavy atom. The number of carbonyl (C=O) groups is 2. The zero-order valence-corrected chi connectivity index (χ0v) is 16.5. The minimum Gasteiger partial charge on any atom is -0.447 e. The monoisotopic (exact) mass is 420 g/mol. The Hall–Kier alpha value is -2.51. The Morgan fingerprint density at radius 3 is 2.36 bits per heavy atom. The van der Waals surface area contributed by atoms with E-state index in [1.807, 2.05) is 4.90 Å². The number of hydrogen-bond donors (Lipinski definition) is 0. The number of benzene rings is 1. The second-order valence-electron chi connectivity index (χ2n) is 6.55. The minimum absolute atomic E-state index is 0.0367. The molecule has 0 bridgehead atoms. The van der Waals surface area contributed by atoms with Crippen molar-refractivity contribution < 1.29 is 14.3 Å². The van der Waals surface area contributed by atoms with Crippen molar-refractivity contribution in [1.29, 1.82) is 0 Å². The summed E-state index contributed by atoms with van der Waals surface area (Å²) >= 11 is 12.1. The molecule has 0 atom stereocenters. The zero-order chi connectivity index (χ0) is 19.7. The smallest absolute Gasteiger partial charge is 0.414 e. The minimum atomic E-state index is -0.357. The number of pyridine rings is 1. The fraction of sp³-hybridized carbons (Fsp3) is 0.316. The van der Waals surface area contributed by atoms with Crippen LogP contribution in [0.4, 0.5) is 16.3 Å². The molecule has 0 aliphatic carbocycles. The van der Waals surface area contributed by atoms with E-state index in [2.05, 4.69) is 4.98 Å². The molecular weight excluding hydrogens is 403 g/mol. The van der Waals surface area contributed by atoms with Gasteiger partial charge in [0.05, 0.1) is 16.6 Å². The number of aromatic nitrogens is 1. The number of halogens is 2. The average Bonchev–Trinajstić information content (AvgIpc) is 3.14. The van der Waals surface area contributed by atoms with E-state index in [9.17, 15) is 9.59 Å². The van der Waals surface area contributed by atoms with Gasteiger partial charge in [0.2, 0.25) is 0 Å². The Balaban J connectivity index is 1.39.